The average Bonchev–Trinajstić information content (AvgIpc) is 2.38. The van der Waals surface area contributed by atoms with Crippen molar-refractivity contribution in [1.29, 1.82) is 0 Å². The van der Waals surface area contributed by atoms with Gasteiger partial charge in [-0.05, 0) is 30.3 Å². The quantitative estimate of drug-likeness (QED) is 0.818. The van der Waals surface area contributed by atoms with Gasteiger partial charge in [0.1, 0.15) is 0 Å². The predicted molar refractivity (Wildman–Crippen MR) is 74.2 cm³/mol. The van der Waals surface area contributed by atoms with Crippen LogP contribution < -0.4 is 5.56 Å². The molecule has 0 saturated heterocycles. The number of aryl methyl sites for hydroxylation is 1. The first kappa shape index (κ1) is 14.3. The standard InChI is InChI=1S/C13H13N3O3S/c1-2-4-8-7-10(17)16-13(15-8)20-9-5-3-6-14-11(9)12(18)19/h3,5-7H,2,4H2,1H3,(H,18,19)(H,15,16,17). The molecule has 2 rings (SSSR count). The van der Waals surface area contributed by atoms with Crippen molar-refractivity contribution in [3.63, 3.8) is 0 Å². The van der Waals surface area contributed by atoms with Crippen molar-refractivity contribution < 1.29 is 9.90 Å². The van der Waals surface area contributed by atoms with Crippen LogP contribution in [0.2, 0.25) is 0 Å². The molecule has 0 atom stereocenters. The SMILES string of the molecule is CCCc1cc(=O)[nH]c(Sc2cccnc2C(=O)O)n1. The largest absolute Gasteiger partial charge is 0.476 e. The lowest BCUT2D eigenvalue weighted by molar-refractivity contribution is 0.0686. The topological polar surface area (TPSA) is 95.9 Å². The molecule has 2 N–H and O–H groups in total. The smallest absolute Gasteiger partial charge is 0.355 e. The van der Waals surface area contributed by atoms with Gasteiger partial charge < -0.3 is 10.1 Å². The fourth-order valence-electron chi connectivity index (χ4n) is 1.65. The van der Waals surface area contributed by atoms with E-state index in [9.17, 15) is 9.59 Å². The zero-order valence-electron chi connectivity index (χ0n) is 10.8. The molecule has 0 fully saturated rings. The van der Waals surface area contributed by atoms with Crippen molar-refractivity contribution >= 4 is 17.7 Å². The second-order valence-electron chi connectivity index (χ2n) is 4.05. The molecule has 7 heteroatoms. The Morgan fingerprint density at radius 2 is 2.30 bits per heavy atom. The maximum Gasteiger partial charge on any atom is 0.355 e. The zero-order chi connectivity index (χ0) is 14.5. The van der Waals surface area contributed by atoms with Crippen LogP contribution in [0.1, 0.15) is 29.5 Å². The van der Waals surface area contributed by atoms with E-state index in [1.165, 1.54) is 12.3 Å². The first-order chi connectivity index (χ1) is 9.60. The molecule has 0 aliphatic rings. The van der Waals surface area contributed by atoms with Crippen LogP contribution in [-0.2, 0) is 6.42 Å². The van der Waals surface area contributed by atoms with Gasteiger partial charge in [0.15, 0.2) is 10.9 Å². The highest BCUT2D eigenvalue weighted by Gasteiger charge is 2.13. The summed E-state index contributed by atoms with van der Waals surface area (Å²) in [6.07, 6.45) is 3.00. The summed E-state index contributed by atoms with van der Waals surface area (Å²) < 4.78 is 0. The van der Waals surface area contributed by atoms with Crippen LogP contribution in [0, 0.1) is 0 Å². The molecule has 6 nitrogen and oxygen atoms in total. The maximum atomic E-state index is 11.6. The van der Waals surface area contributed by atoms with Gasteiger partial charge in [-0.3, -0.25) is 4.79 Å². The summed E-state index contributed by atoms with van der Waals surface area (Å²) in [6, 6.07) is 4.73. The predicted octanol–water partition coefficient (Wildman–Crippen LogP) is 1.97. The number of hydrogen-bond acceptors (Lipinski definition) is 5. The lowest BCUT2D eigenvalue weighted by atomic mass is 10.2. The van der Waals surface area contributed by atoms with E-state index >= 15 is 0 Å². The van der Waals surface area contributed by atoms with Gasteiger partial charge in [0.2, 0.25) is 0 Å². The molecule has 0 radical (unpaired) electrons. The number of nitrogens with zero attached hydrogens (tertiary/aromatic N) is 2. The molecule has 2 aromatic rings. The number of hydrogen-bond donors (Lipinski definition) is 2. The van der Waals surface area contributed by atoms with Gasteiger partial charge >= 0.3 is 5.97 Å². The molecule has 0 aliphatic carbocycles. The second-order valence-corrected chi connectivity index (χ2v) is 5.08. The molecule has 104 valence electrons. The van der Waals surface area contributed by atoms with Crippen LogP contribution in [-0.4, -0.2) is 26.0 Å². The van der Waals surface area contributed by atoms with E-state index in [1.54, 1.807) is 12.1 Å². The van der Waals surface area contributed by atoms with E-state index in [0.717, 1.165) is 18.2 Å². The number of aromatic amines is 1. The fraction of sp³-hybridized carbons (Fsp3) is 0.231. The Morgan fingerprint density at radius 3 is 3.00 bits per heavy atom. The molecular weight excluding hydrogens is 278 g/mol. The minimum absolute atomic E-state index is 0.0546. The number of nitrogens with one attached hydrogen (secondary N) is 1. The minimum atomic E-state index is -1.11. The molecular formula is C13H13N3O3S. The van der Waals surface area contributed by atoms with Gasteiger partial charge in [-0.2, -0.15) is 0 Å². The summed E-state index contributed by atoms with van der Waals surface area (Å²) in [4.78, 5) is 33.8. The van der Waals surface area contributed by atoms with Gasteiger partial charge in [0.05, 0.1) is 0 Å². The first-order valence-electron chi connectivity index (χ1n) is 6.06. The Morgan fingerprint density at radius 1 is 1.50 bits per heavy atom. The highest BCUT2D eigenvalue weighted by atomic mass is 32.2. The first-order valence-corrected chi connectivity index (χ1v) is 6.88. The number of carboxylic acids is 1. The summed E-state index contributed by atoms with van der Waals surface area (Å²) in [6.45, 7) is 2.00. The van der Waals surface area contributed by atoms with Crippen molar-refractivity contribution in [2.75, 3.05) is 0 Å². The van der Waals surface area contributed by atoms with Crippen LogP contribution in [0.15, 0.2) is 39.2 Å². The van der Waals surface area contributed by atoms with Crippen LogP contribution in [0.3, 0.4) is 0 Å². The molecule has 0 spiro atoms. The molecule has 0 amide bonds. The lowest BCUT2D eigenvalue weighted by Crippen LogP contribution is -2.10. The van der Waals surface area contributed by atoms with Crippen molar-refractivity contribution in [1.82, 2.24) is 15.0 Å². The van der Waals surface area contributed by atoms with Gasteiger partial charge in [-0.15, -0.1) is 0 Å². The van der Waals surface area contributed by atoms with E-state index in [4.69, 9.17) is 5.11 Å². The van der Waals surface area contributed by atoms with Gasteiger partial charge in [0, 0.05) is 22.9 Å². The molecule has 2 heterocycles. The van der Waals surface area contributed by atoms with Gasteiger partial charge in [-0.1, -0.05) is 13.3 Å². The third-order valence-electron chi connectivity index (χ3n) is 2.46. The summed E-state index contributed by atoms with van der Waals surface area (Å²) in [7, 11) is 0. The molecule has 0 aromatic carbocycles. The third-order valence-corrected chi connectivity index (χ3v) is 3.40. The van der Waals surface area contributed by atoms with Crippen molar-refractivity contribution in [2.24, 2.45) is 0 Å². The summed E-state index contributed by atoms with van der Waals surface area (Å²) in [5, 5.41) is 9.44. The molecule has 0 bridgehead atoms. The number of aromatic carboxylic acids is 1. The van der Waals surface area contributed by atoms with Crippen molar-refractivity contribution in [2.45, 2.75) is 29.8 Å². The third kappa shape index (κ3) is 3.45. The number of H-pyrrole nitrogens is 1. The van der Waals surface area contributed by atoms with E-state index in [-0.39, 0.29) is 11.3 Å². The molecule has 20 heavy (non-hydrogen) atoms. The van der Waals surface area contributed by atoms with Crippen molar-refractivity contribution in [3.8, 4) is 0 Å². The molecule has 0 aliphatic heterocycles. The second kappa shape index (κ2) is 6.33. The normalized spacial score (nSPS) is 10.4. The Labute approximate surface area is 119 Å². The maximum absolute atomic E-state index is 11.6. The summed E-state index contributed by atoms with van der Waals surface area (Å²) in [5.74, 6) is -1.11. The van der Waals surface area contributed by atoms with Crippen LogP contribution in [0.5, 0.6) is 0 Å². The molecule has 2 aromatic heterocycles. The summed E-state index contributed by atoms with van der Waals surface area (Å²) >= 11 is 1.09. The van der Waals surface area contributed by atoms with E-state index in [1.807, 2.05) is 6.92 Å². The lowest BCUT2D eigenvalue weighted by Gasteiger charge is -2.05. The number of carbonyl (C=O) groups is 1. The minimum Gasteiger partial charge on any atom is -0.476 e. The number of pyridine rings is 1. The fourth-order valence-corrected chi connectivity index (χ4v) is 2.56. The Balaban J connectivity index is 2.35. The van der Waals surface area contributed by atoms with E-state index < -0.39 is 5.97 Å². The Bertz CT molecular complexity index is 685. The van der Waals surface area contributed by atoms with Crippen LogP contribution in [0.25, 0.3) is 0 Å². The number of carboxylic acid groups (broad SMARTS) is 1. The Hall–Kier alpha value is -2.15. The zero-order valence-corrected chi connectivity index (χ0v) is 11.6. The highest BCUT2D eigenvalue weighted by molar-refractivity contribution is 7.99. The van der Waals surface area contributed by atoms with Gasteiger partial charge in [0.25, 0.3) is 5.56 Å². The number of rotatable bonds is 5. The van der Waals surface area contributed by atoms with Crippen LogP contribution >= 0.6 is 11.8 Å². The van der Waals surface area contributed by atoms with Crippen LogP contribution in [0.4, 0.5) is 0 Å². The van der Waals surface area contributed by atoms with E-state index in [0.29, 0.717) is 22.2 Å². The highest BCUT2D eigenvalue weighted by Crippen LogP contribution is 2.26. The Kier molecular flexibility index (Phi) is 4.52. The number of aromatic nitrogens is 3. The van der Waals surface area contributed by atoms with Gasteiger partial charge in [-0.25, -0.2) is 14.8 Å². The monoisotopic (exact) mass is 291 g/mol. The van der Waals surface area contributed by atoms with E-state index in [2.05, 4.69) is 15.0 Å². The molecule has 0 unspecified atom stereocenters. The van der Waals surface area contributed by atoms with Crippen molar-refractivity contribution in [3.05, 3.63) is 46.1 Å². The summed E-state index contributed by atoms with van der Waals surface area (Å²) in [5.41, 5.74) is 0.396. The average molecular weight is 291 g/mol. The molecule has 0 saturated carbocycles.